The quantitative estimate of drug-likeness (QED) is 0.868. The Bertz CT molecular complexity index is 743. The van der Waals surface area contributed by atoms with Gasteiger partial charge in [0.25, 0.3) is 5.91 Å². The largest absolute Gasteiger partial charge is 0.343 e. The highest BCUT2D eigenvalue weighted by Gasteiger charge is 2.14. The van der Waals surface area contributed by atoms with Crippen LogP contribution in [-0.4, -0.2) is 18.4 Å². The predicted molar refractivity (Wildman–Crippen MR) is 102 cm³/mol. The number of carbonyl (C=O) groups is 2. The summed E-state index contributed by atoms with van der Waals surface area (Å²) in [5.41, 5.74) is 3.62. The maximum atomic E-state index is 12.2. The van der Waals surface area contributed by atoms with Crippen LogP contribution in [0, 0.1) is 0 Å². The first-order valence-corrected chi connectivity index (χ1v) is 8.57. The highest BCUT2D eigenvalue weighted by molar-refractivity contribution is 5.99. The van der Waals surface area contributed by atoms with E-state index in [0.29, 0.717) is 5.56 Å². The molecular weight excluding hydrogens is 312 g/mol. The number of hydrogen-bond acceptors (Lipinski definition) is 2. The highest BCUT2D eigenvalue weighted by atomic mass is 16.2. The maximum absolute atomic E-state index is 12.2. The minimum Gasteiger partial charge on any atom is -0.343 e. The van der Waals surface area contributed by atoms with Gasteiger partial charge in [-0.1, -0.05) is 58.0 Å². The Hall–Kier alpha value is -2.62. The van der Waals surface area contributed by atoms with Gasteiger partial charge < -0.3 is 10.6 Å². The lowest BCUT2D eigenvalue weighted by Crippen LogP contribution is -2.33. The van der Waals surface area contributed by atoms with Crippen molar-refractivity contribution in [2.75, 3.05) is 11.9 Å². The second-order valence-electron chi connectivity index (χ2n) is 7.07. The Morgan fingerprint density at radius 2 is 1.60 bits per heavy atom. The Balaban J connectivity index is 1.92. The summed E-state index contributed by atoms with van der Waals surface area (Å²) in [5.74, 6) is -0.486. The molecule has 25 heavy (non-hydrogen) atoms. The van der Waals surface area contributed by atoms with Gasteiger partial charge in [0, 0.05) is 11.3 Å². The molecule has 2 amide bonds. The van der Waals surface area contributed by atoms with Crippen LogP contribution in [0.3, 0.4) is 0 Å². The number of hydrogen-bond donors (Lipinski definition) is 2. The lowest BCUT2D eigenvalue weighted by molar-refractivity contribution is -0.115. The van der Waals surface area contributed by atoms with Crippen molar-refractivity contribution >= 4 is 17.5 Å². The molecule has 2 rings (SSSR count). The lowest BCUT2D eigenvalue weighted by atomic mass is 9.87. The third-order valence-electron chi connectivity index (χ3n) is 4.09. The number of amides is 2. The van der Waals surface area contributed by atoms with Crippen molar-refractivity contribution in [1.29, 1.82) is 0 Å². The Labute approximate surface area is 149 Å². The van der Waals surface area contributed by atoms with E-state index in [9.17, 15) is 9.59 Å². The van der Waals surface area contributed by atoms with Crippen molar-refractivity contribution in [3.63, 3.8) is 0 Å². The van der Waals surface area contributed by atoms with Crippen LogP contribution in [0.25, 0.3) is 0 Å². The standard InChI is InChI=1S/C21H26N2O2/c1-5-15-8-6-7-9-18(15)23-19(24)14-22-20(25)16-10-12-17(13-11-16)21(2,3)4/h6-13H,5,14H2,1-4H3,(H,22,25)(H,23,24). The molecule has 0 saturated carbocycles. The van der Waals surface area contributed by atoms with Crippen molar-refractivity contribution in [2.24, 2.45) is 0 Å². The number of benzene rings is 2. The first-order chi connectivity index (χ1) is 11.8. The zero-order valence-electron chi connectivity index (χ0n) is 15.3. The third-order valence-corrected chi connectivity index (χ3v) is 4.09. The predicted octanol–water partition coefficient (Wildman–Crippen LogP) is 3.92. The van der Waals surface area contributed by atoms with Crippen molar-refractivity contribution in [1.82, 2.24) is 5.32 Å². The summed E-state index contributed by atoms with van der Waals surface area (Å²) in [6, 6.07) is 15.1. The number of carbonyl (C=O) groups excluding carboxylic acids is 2. The fourth-order valence-electron chi connectivity index (χ4n) is 2.53. The molecule has 0 heterocycles. The molecule has 0 aliphatic rings. The Morgan fingerprint density at radius 1 is 0.960 bits per heavy atom. The molecular formula is C21H26N2O2. The maximum Gasteiger partial charge on any atom is 0.251 e. The molecule has 2 aromatic carbocycles. The normalized spacial score (nSPS) is 11.0. The van der Waals surface area contributed by atoms with Crippen LogP contribution in [0.2, 0.25) is 0 Å². The number of anilines is 1. The second kappa shape index (κ2) is 7.97. The zero-order chi connectivity index (χ0) is 18.4. The molecule has 0 unspecified atom stereocenters. The van der Waals surface area contributed by atoms with Gasteiger partial charge in [-0.05, 0) is 41.2 Å². The van der Waals surface area contributed by atoms with E-state index in [1.165, 1.54) is 0 Å². The SMILES string of the molecule is CCc1ccccc1NC(=O)CNC(=O)c1ccc(C(C)(C)C)cc1. The molecule has 0 atom stereocenters. The average molecular weight is 338 g/mol. The summed E-state index contributed by atoms with van der Waals surface area (Å²) >= 11 is 0. The number of aryl methyl sites for hydroxylation is 1. The van der Waals surface area contributed by atoms with Crippen molar-refractivity contribution in [2.45, 2.75) is 39.5 Å². The van der Waals surface area contributed by atoms with Crippen molar-refractivity contribution in [3.8, 4) is 0 Å². The van der Waals surface area contributed by atoms with E-state index >= 15 is 0 Å². The fourth-order valence-corrected chi connectivity index (χ4v) is 2.53. The van der Waals surface area contributed by atoms with Gasteiger partial charge in [0.05, 0.1) is 6.54 Å². The van der Waals surface area contributed by atoms with Gasteiger partial charge in [-0.3, -0.25) is 9.59 Å². The van der Waals surface area contributed by atoms with E-state index in [4.69, 9.17) is 0 Å². The molecule has 0 aromatic heterocycles. The molecule has 0 saturated heterocycles. The molecule has 0 radical (unpaired) electrons. The number of nitrogens with one attached hydrogen (secondary N) is 2. The fraction of sp³-hybridized carbons (Fsp3) is 0.333. The van der Waals surface area contributed by atoms with Gasteiger partial charge in [0.2, 0.25) is 5.91 Å². The van der Waals surface area contributed by atoms with Crippen LogP contribution in [0.15, 0.2) is 48.5 Å². The minimum atomic E-state index is -0.251. The van der Waals surface area contributed by atoms with E-state index < -0.39 is 0 Å². The molecule has 0 aliphatic carbocycles. The third kappa shape index (κ3) is 5.18. The molecule has 4 nitrogen and oxygen atoms in total. The average Bonchev–Trinajstić information content (AvgIpc) is 2.59. The van der Waals surface area contributed by atoms with Gasteiger partial charge >= 0.3 is 0 Å². The summed E-state index contributed by atoms with van der Waals surface area (Å²) in [4.78, 5) is 24.3. The summed E-state index contributed by atoms with van der Waals surface area (Å²) in [5, 5.41) is 5.51. The number of rotatable bonds is 5. The molecule has 2 aromatic rings. The lowest BCUT2D eigenvalue weighted by Gasteiger charge is -2.19. The van der Waals surface area contributed by atoms with E-state index in [0.717, 1.165) is 23.2 Å². The van der Waals surface area contributed by atoms with Crippen molar-refractivity contribution in [3.05, 3.63) is 65.2 Å². The summed E-state index contributed by atoms with van der Waals surface area (Å²) in [6.45, 7) is 8.35. The topological polar surface area (TPSA) is 58.2 Å². The first-order valence-electron chi connectivity index (χ1n) is 8.57. The van der Waals surface area contributed by atoms with E-state index in [1.807, 2.05) is 43.3 Å². The summed E-state index contributed by atoms with van der Waals surface area (Å²) in [7, 11) is 0. The van der Waals surface area contributed by atoms with Gasteiger partial charge in [0.15, 0.2) is 0 Å². The number of para-hydroxylation sites is 1. The van der Waals surface area contributed by atoms with Crippen LogP contribution in [0.5, 0.6) is 0 Å². The molecule has 4 heteroatoms. The van der Waals surface area contributed by atoms with E-state index in [-0.39, 0.29) is 23.8 Å². The first kappa shape index (κ1) is 18.7. The van der Waals surface area contributed by atoms with E-state index in [2.05, 4.69) is 31.4 Å². The van der Waals surface area contributed by atoms with Crippen LogP contribution < -0.4 is 10.6 Å². The van der Waals surface area contributed by atoms with Gasteiger partial charge in [-0.15, -0.1) is 0 Å². The summed E-state index contributed by atoms with van der Waals surface area (Å²) < 4.78 is 0. The minimum absolute atomic E-state index is 0.0432. The van der Waals surface area contributed by atoms with Crippen molar-refractivity contribution < 1.29 is 9.59 Å². The molecule has 0 spiro atoms. The van der Waals surface area contributed by atoms with Gasteiger partial charge in [-0.2, -0.15) is 0 Å². The second-order valence-corrected chi connectivity index (χ2v) is 7.07. The van der Waals surface area contributed by atoms with Crippen LogP contribution >= 0.6 is 0 Å². The molecule has 0 fully saturated rings. The van der Waals surface area contributed by atoms with Gasteiger partial charge in [-0.25, -0.2) is 0 Å². The van der Waals surface area contributed by atoms with Crippen LogP contribution in [0.4, 0.5) is 5.69 Å². The molecule has 0 aliphatic heterocycles. The van der Waals surface area contributed by atoms with E-state index in [1.54, 1.807) is 12.1 Å². The van der Waals surface area contributed by atoms with Crippen LogP contribution in [-0.2, 0) is 16.6 Å². The summed E-state index contributed by atoms with van der Waals surface area (Å²) in [6.07, 6.45) is 0.836. The van der Waals surface area contributed by atoms with Crippen LogP contribution in [0.1, 0.15) is 49.2 Å². The zero-order valence-corrected chi connectivity index (χ0v) is 15.3. The smallest absolute Gasteiger partial charge is 0.251 e. The molecule has 2 N–H and O–H groups in total. The Morgan fingerprint density at radius 3 is 2.20 bits per heavy atom. The van der Waals surface area contributed by atoms with Gasteiger partial charge in [0.1, 0.15) is 0 Å². The molecule has 132 valence electrons. The monoisotopic (exact) mass is 338 g/mol. The Kier molecular flexibility index (Phi) is 5.97. The molecule has 0 bridgehead atoms. The highest BCUT2D eigenvalue weighted by Crippen LogP contribution is 2.22.